The van der Waals surface area contributed by atoms with Crippen LogP contribution in [-0.2, 0) is 41.7 Å². The predicted octanol–water partition coefficient (Wildman–Crippen LogP) is 0.919. The van der Waals surface area contributed by atoms with Gasteiger partial charge in [0.2, 0.25) is 5.91 Å². The van der Waals surface area contributed by atoms with Gasteiger partial charge in [-0.3, -0.25) is 38.6 Å². The second-order valence-corrected chi connectivity index (χ2v) is 13.5. The number of ketones is 4. The summed E-state index contributed by atoms with van der Waals surface area (Å²) in [6, 6.07) is 9.84. The number of ether oxygens (including phenoxy) is 1. The van der Waals surface area contributed by atoms with Gasteiger partial charge >= 0.3 is 5.97 Å². The Balaban J connectivity index is 1.30. The van der Waals surface area contributed by atoms with Gasteiger partial charge in [0.25, 0.3) is 0 Å². The van der Waals surface area contributed by atoms with Crippen LogP contribution < -0.4 is 5.73 Å². The summed E-state index contributed by atoms with van der Waals surface area (Å²) in [5.74, 6) is -10.9. The van der Waals surface area contributed by atoms with E-state index in [1.807, 2.05) is 24.3 Å². The molecule has 0 spiro atoms. The highest BCUT2D eigenvalue weighted by Crippen LogP contribution is 2.51. The number of amides is 1. The molecule has 2 aromatic rings. The van der Waals surface area contributed by atoms with Gasteiger partial charge in [-0.25, -0.2) is 0 Å². The van der Waals surface area contributed by atoms with Crippen LogP contribution in [0.3, 0.4) is 0 Å². The van der Waals surface area contributed by atoms with E-state index in [1.165, 1.54) is 18.1 Å². The van der Waals surface area contributed by atoms with Crippen molar-refractivity contribution in [2.75, 3.05) is 34.3 Å². The van der Waals surface area contributed by atoms with Crippen LogP contribution in [-0.4, -0.2) is 101 Å². The van der Waals surface area contributed by atoms with E-state index in [1.54, 1.807) is 20.2 Å². The number of aliphatic hydroxyl groups is 1. The van der Waals surface area contributed by atoms with Crippen molar-refractivity contribution in [3.63, 3.8) is 0 Å². The maximum absolute atomic E-state index is 14.0. The number of Topliss-reactive ketones (excluding diaryl/α,β-unsaturated/α-hetero) is 4. The van der Waals surface area contributed by atoms with Crippen LogP contribution in [0.1, 0.15) is 40.7 Å². The lowest BCUT2D eigenvalue weighted by Crippen LogP contribution is -2.74. The number of carbonyl (C=O) groups excluding carboxylic acids is 6. The molecule has 1 heterocycles. The average molecular weight is 646 g/mol. The molecule has 6 rings (SSSR count). The summed E-state index contributed by atoms with van der Waals surface area (Å²) < 4.78 is 4.88. The molecule has 2 unspecified atom stereocenters. The Labute approximate surface area is 271 Å². The summed E-state index contributed by atoms with van der Waals surface area (Å²) in [5, 5.41) is 22.6. The monoisotopic (exact) mass is 645 g/mol. The zero-order valence-corrected chi connectivity index (χ0v) is 26.6. The van der Waals surface area contributed by atoms with E-state index in [4.69, 9.17) is 10.5 Å². The van der Waals surface area contributed by atoms with Gasteiger partial charge in [-0.05, 0) is 87.1 Å². The lowest BCUT2D eigenvalue weighted by molar-refractivity contribution is -0.181. The molecule has 2 aromatic carbocycles. The number of nitrogens with zero attached hydrogens (tertiary/aromatic N) is 2. The number of likely N-dealkylation sites (N-methyl/N-ethyl adjacent to an activating group) is 1. The Hall–Kier alpha value is -4.26. The fourth-order valence-electron chi connectivity index (χ4n) is 8.42. The summed E-state index contributed by atoms with van der Waals surface area (Å²) in [6.07, 6.45) is 1.66. The minimum absolute atomic E-state index is 0.00933. The quantitative estimate of drug-likeness (QED) is 0.300. The summed E-state index contributed by atoms with van der Waals surface area (Å²) in [4.78, 5) is 82.7. The lowest BCUT2D eigenvalue weighted by atomic mass is 9.52. The molecule has 0 radical (unpaired) electrons. The smallest absolute Gasteiger partial charge is 0.308 e. The highest BCUT2D eigenvalue weighted by Gasteiger charge is 2.69. The van der Waals surface area contributed by atoms with Crippen molar-refractivity contribution in [3.05, 3.63) is 53.1 Å². The number of rotatable bonds is 6. The number of hydrogen-bond acceptors (Lipinski definition) is 11. The third kappa shape index (κ3) is 5.19. The SMILES string of the molecule is COC(=O)C1CCN(Cc2ccc(-c3ccc(O)c4c3C[C@H]3C[C@H]5[C@H](N(C)C)C(=O)C(C(N)=O)C(=O)[C@@]5(O)C(=O)C3C4=O)cc2)CC1. The first-order chi connectivity index (χ1) is 22.3. The van der Waals surface area contributed by atoms with Gasteiger partial charge < -0.3 is 20.7 Å². The number of piperidine rings is 1. The summed E-state index contributed by atoms with van der Waals surface area (Å²) >= 11 is 0. The molecule has 47 heavy (non-hydrogen) atoms. The largest absolute Gasteiger partial charge is 0.507 e. The maximum Gasteiger partial charge on any atom is 0.308 e. The Morgan fingerprint density at radius 2 is 1.68 bits per heavy atom. The molecule has 3 aliphatic carbocycles. The number of fused-ring (bicyclic) bond motifs is 3. The number of phenols is 1. The molecule has 248 valence electrons. The highest BCUT2D eigenvalue weighted by molar-refractivity contribution is 6.32. The van der Waals surface area contributed by atoms with E-state index in [9.17, 15) is 39.0 Å². The van der Waals surface area contributed by atoms with Crippen LogP contribution in [0.2, 0.25) is 0 Å². The first-order valence-corrected chi connectivity index (χ1v) is 15.9. The van der Waals surface area contributed by atoms with E-state index in [0.29, 0.717) is 17.7 Å². The number of methoxy groups -OCH3 is 1. The molecule has 0 bridgehead atoms. The standard InChI is InChI=1S/C35H39N3O9/c1-37(2)28-23-15-20-14-22-21(18-6-4-17(5-7-18)16-38-12-10-19(11-13-38)34(45)47-3)8-9-24(39)26(22)29(40)25(20)31(42)35(23,46)32(43)27(30(28)41)33(36)44/h4-9,19-20,23,25,27-28,39,46H,10-16H2,1-3H3,(H2,36,44)/t20-,23-,25?,27?,28-,35-/m0/s1. The second kappa shape index (κ2) is 12.1. The van der Waals surface area contributed by atoms with Gasteiger partial charge in [0.15, 0.2) is 34.7 Å². The second-order valence-electron chi connectivity index (χ2n) is 13.5. The van der Waals surface area contributed by atoms with Crippen LogP contribution in [0.25, 0.3) is 11.1 Å². The molecule has 6 atom stereocenters. The van der Waals surface area contributed by atoms with Crippen molar-refractivity contribution in [3.8, 4) is 16.9 Å². The Bertz CT molecular complexity index is 1680. The molecule has 12 nitrogen and oxygen atoms in total. The van der Waals surface area contributed by atoms with Gasteiger partial charge in [0, 0.05) is 12.5 Å². The number of benzene rings is 2. The molecule has 1 aliphatic heterocycles. The van der Waals surface area contributed by atoms with Gasteiger partial charge in [-0.1, -0.05) is 30.3 Å². The number of phenolic OH excluding ortho intramolecular Hbond substituents is 1. The number of esters is 1. The molecular formula is C35H39N3O9. The molecule has 4 aliphatic rings. The molecular weight excluding hydrogens is 606 g/mol. The van der Waals surface area contributed by atoms with Gasteiger partial charge in [-0.2, -0.15) is 0 Å². The van der Waals surface area contributed by atoms with E-state index < -0.39 is 64.4 Å². The molecule has 3 fully saturated rings. The topological polar surface area (TPSA) is 185 Å². The lowest BCUT2D eigenvalue weighted by Gasteiger charge is -2.52. The number of carbonyl (C=O) groups is 6. The molecule has 1 amide bonds. The fourth-order valence-corrected chi connectivity index (χ4v) is 8.42. The van der Waals surface area contributed by atoms with Crippen molar-refractivity contribution in [2.24, 2.45) is 35.3 Å². The van der Waals surface area contributed by atoms with Crippen LogP contribution >= 0.6 is 0 Å². The first-order valence-electron chi connectivity index (χ1n) is 15.9. The third-order valence-corrected chi connectivity index (χ3v) is 10.7. The van der Waals surface area contributed by atoms with E-state index >= 15 is 0 Å². The first kappa shape index (κ1) is 32.7. The molecule has 12 heteroatoms. The van der Waals surface area contributed by atoms with Gasteiger partial charge in [0.05, 0.1) is 30.6 Å². The highest BCUT2D eigenvalue weighted by atomic mass is 16.5. The summed E-state index contributed by atoms with van der Waals surface area (Å²) in [7, 11) is 4.52. The molecule has 0 aromatic heterocycles. The van der Waals surface area contributed by atoms with Crippen LogP contribution in [0.5, 0.6) is 5.75 Å². The third-order valence-electron chi connectivity index (χ3n) is 10.7. The average Bonchev–Trinajstić information content (AvgIpc) is 3.03. The summed E-state index contributed by atoms with van der Waals surface area (Å²) in [5.41, 5.74) is 5.73. The number of hydrogen-bond donors (Lipinski definition) is 3. The fraction of sp³-hybridized carbons (Fsp3) is 0.486. The number of likely N-dealkylation sites (tertiary alicyclic amines) is 1. The zero-order chi connectivity index (χ0) is 33.9. The zero-order valence-electron chi connectivity index (χ0n) is 26.6. The van der Waals surface area contributed by atoms with Gasteiger partial charge in [-0.15, -0.1) is 0 Å². The van der Waals surface area contributed by atoms with Crippen molar-refractivity contribution < 1.29 is 43.7 Å². The number of nitrogens with two attached hydrogens (primary N) is 1. The van der Waals surface area contributed by atoms with Gasteiger partial charge in [0.1, 0.15) is 5.75 Å². The minimum atomic E-state index is -2.76. The molecule has 4 N–H and O–H groups in total. The minimum Gasteiger partial charge on any atom is -0.507 e. The Morgan fingerprint density at radius 1 is 1.02 bits per heavy atom. The normalized spacial score (nSPS) is 29.7. The van der Waals surface area contributed by atoms with Crippen molar-refractivity contribution in [1.29, 1.82) is 0 Å². The Kier molecular flexibility index (Phi) is 8.39. The van der Waals surface area contributed by atoms with E-state index in [-0.39, 0.29) is 36.0 Å². The maximum atomic E-state index is 14.0. The van der Waals surface area contributed by atoms with E-state index in [2.05, 4.69) is 4.90 Å². The van der Waals surface area contributed by atoms with Crippen molar-refractivity contribution >= 4 is 35.0 Å². The van der Waals surface area contributed by atoms with Crippen molar-refractivity contribution in [1.82, 2.24) is 9.80 Å². The van der Waals surface area contributed by atoms with Crippen LogP contribution in [0.15, 0.2) is 36.4 Å². The number of aromatic hydroxyl groups is 1. The Morgan fingerprint density at radius 3 is 2.28 bits per heavy atom. The number of primary amides is 1. The van der Waals surface area contributed by atoms with Crippen LogP contribution in [0.4, 0.5) is 0 Å². The predicted molar refractivity (Wildman–Crippen MR) is 167 cm³/mol. The molecule has 1 saturated heterocycles. The van der Waals surface area contributed by atoms with Crippen LogP contribution in [0, 0.1) is 29.6 Å². The summed E-state index contributed by atoms with van der Waals surface area (Å²) in [6.45, 7) is 2.26. The van der Waals surface area contributed by atoms with Crippen molar-refractivity contribution in [2.45, 2.75) is 43.9 Å². The molecule has 2 saturated carbocycles. The van der Waals surface area contributed by atoms with E-state index in [0.717, 1.165) is 37.1 Å².